The zero-order valence-electron chi connectivity index (χ0n) is 54.2. The van der Waals surface area contributed by atoms with Crippen LogP contribution in [0.5, 0.6) is 5.75 Å². The summed E-state index contributed by atoms with van der Waals surface area (Å²) in [5.74, 6) is 0.165. The van der Waals surface area contributed by atoms with Crippen molar-refractivity contribution in [2.75, 3.05) is 7.11 Å². The molecule has 1 heterocycles. The zero-order valence-corrected chi connectivity index (χ0v) is 54.9. The molecule has 0 amide bonds. The van der Waals surface area contributed by atoms with Crippen molar-refractivity contribution in [2.24, 2.45) is 0 Å². The first kappa shape index (κ1) is 71.8. The van der Waals surface area contributed by atoms with Gasteiger partial charge in [-0.1, -0.05) is 185 Å². The summed E-state index contributed by atoms with van der Waals surface area (Å²) >= 11 is 5.84. The quantitative estimate of drug-likeness (QED) is 0.157. The number of nitriles is 6. The predicted octanol–water partition coefficient (Wildman–Crippen LogP) is 19.7. The summed E-state index contributed by atoms with van der Waals surface area (Å²) in [6.45, 7) is 46.5. The third kappa shape index (κ3) is 20.5. The van der Waals surface area contributed by atoms with E-state index in [0.717, 1.165) is 55.6 Å². The number of methoxy groups -OCH3 is 1. The van der Waals surface area contributed by atoms with E-state index in [1.54, 1.807) is 31.5 Å². The maximum atomic E-state index is 13.4. The van der Waals surface area contributed by atoms with Crippen LogP contribution in [0.15, 0.2) is 109 Å². The fourth-order valence-electron chi connectivity index (χ4n) is 9.23. The van der Waals surface area contributed by atoms with Crippen LogP contribution in [0, 0.1) is 101 Å². The van der Waals surface area contributed by atoms with Crippen LogP contribution in [-0.2, 0) is 32.5 Å². The number of aryl methyl sites for hydroxylation is 4. The lowest BCUT2D eigenvalue weighted by Gasteiger charge is -2.24. The first-order valence-corrected chi connectivity index (χ1v) is 28.3. The van der Waals surface area contributed by atoms with Crippen molar-refractivity contribution < 1.29 is 9.13 Å². The molecule has 0 saturated heterocycles. The topological polar surface area (TPSA) is 165 Å². The maximum absolute atomic E-state index is 13.4. The summed E-state index contributed by atoms with van der Waals surface area (Å²) in [4.78, 5) is 4.30. The molecule has 0 saturated carbocycles. The molecule has 1 aromatic heterocycles. The van der Waals surface area contributed by atoms with E-state index in [0.29, 0.717) is 11.1 Å². The maximum Gasteiger partial charge on any atom is 0.159 e. The predicted molar refractivity (Wildman–Crippen MR) is 345 cm³/mol. The molecule has 7 rings (SSSR count). The number of hydrogen-bond donors (Lipinski definition) is 0. The molecule has 84 heavy (non-hydrogen) atoms. The normalized spacial score (nSPS) is 11.1. The Bertz CT molecular complexity index is 3600. The van der Waals surface area contributed by atoms with E-state index in [-0.39, 0.29) is 43.1 Å². The van der Waals surface area contributed by atoms with E-state index < -0.39 is 5.82 Å². The molecule has 0 N–H and O–H groups in total. The van der Waals surface area contributed by atoms with E-state index in [1.807, 2.05) is 107 Å². The molecule has 0 aliphatic carbocycles. The van der Waals surface area contributed by atoms with Gasteiger partial charge in [0, 0.05) is 11.6 Å². The van der Waals surface area contributed by atoms with Gasteiger partial charge in [-0.05, 0) is 170 Å². The lowest BCUT2D eigenvalue weighted by atomic mass is 9.80. The van der Waals surface area contributed by atoms with Crippen molar-refractivity contribution in [3.63, 3.8) is 0 Å². The Morgan fingerprint density at radius 3 is 1.19 bits per heavy atom. The average molecular weight is 1150 g/mol. The highest BCUT2D eigenvalue weighted by atomic mass is 35.5. The first-order chi connectivity index (χ1) is 38.7. The van der Waals surface area contributed by atoms with Crippen molar-refractivity contribution in [1.29, 1.82) is 31.6 Å². The van der Waals surface area contributed by atoms with Crippen LogP contribution in [0.3, 0.4) is 0 Å². The van der Waals surface area contributed by atoms with Gasteiger partial charge in [-0.3, -0.25) is 4.98 Å². The Morgan fingerprint density at radius 2 is 0.821 bits per heavy atom. The molecule has 0 fully saturated rings. The van der Waals surface area contributed by atoms with Crippen LogP contribution >= 0.6 is 11.6 Å². The van der Waals surface area contributed by atoms with Gasteiger partial charge >= 0.3 is 0 Å². The SMILES string of the molecule is CC(C)(C)c1ccc(C#N)c(F)c1Cl.CC(C)(C)c1ccc(C#N)c2ncccc12.COc1cc(C#N)ccc1C(C)(C)C.Cc1cc(C#N)cc(C)c1C(C)(C)C.Cc1cc(C(C)(C)C)ccc1C#N.Cc1cc(C(C)(C)C)ccc1C#N. The minimum absolute atomic E-state index is 0.0111. The number of halogens is 2. The lowest BCUT2D eigenvalue weighted by Crippen LogP contribution is -2.15. The van der Waals surface area contributed by atoms with Crippen LogP contribution in [0.2, 0.25) is 5.02 Å². The second kappa shape index (κ2) is 29.8. The number of rotatable bonds is 1. The second-order valence-electron chi connectivity index (χ2n) is 27.0. The van der Waals surface area contributed by atoms with Gasteiger partial charge in [0.05, 0.1) is 75.3 Å². The number of benzene rings is 6. The molecule has 438 valence electrons. The second-order valence-corrected chi connectivity index (χ2v) is 27.4. The number of fused-ring (bicyclic) bond motifs is 1. The summed E-state index contributed by atoms with van der Waals surface area (Å²) in [6.07, 6.45) is 1.73. The monoisotopic (exact) mass is 1140 g/mol. The molecular formula is C74H87ClFN7O. The van der Waals surface area contributed by atoms with Crippen LogP contribution < -0.4 is 4.74 Å². The first-order valence-electron chi connectivity index (χ1n) is 28.0. The van der Waals surface area contributed by atoms with E-state index in [4.69, 9.17) is 47.9 Å². The van der Waals surface area contributed by atoms with Crippen molar-refractivity contribution in [2.45, 2.75) is 185 Å². The molecule has 6 aromatic carbocycles. The number of pyridine rings is 1. The van der Waals surface area contributed by atoms with Gasteiger partial charge < -0.3 is 4.74 Å². The van der Waals surface area contributed by atoms with Crippen molar-refractivity contribution in [3.05, 3.63) is 209 Å². The van der Waals surface area contributed by atoms with Crippen LogP contribution in [0.4, 0.5) is 4.39 Å². The number of aromatic nitrogens is 1. The summed E-state index contributed by atoms with van der Waals surface area (Å²) in [6, 6.07) is 45.1. The van der Waals surface area contributed by atoms with Crippen LogP contribution in [0.25, 0.3) is 10.9 Å². The fourth-order valence-corrected chi connectivity index (χ4v) is 9.68. The Morgan fingerprint density at radius 1 is 0.417 bits per heavy atom. The summed E-state index contributed by atoms with van der Waals surface area (Å²) in [5.41, 5.74) is 16.3. The highest BCUT2D eigenvalue weighted by Crippen LogP contribution is 2.35. The molecule has 0 atom stereocenters. The highest BCUT2D eigenvalue weighted by molar-refractivity contribution is 6.31. The number of ether oxygens (including phenoxy) is 1. The van der Waals surface area contributed by atoms with Gasteiger partial charge in [-0.2, -0.15) is 31.6 Å². The molecule has 0 spiro atoms. The Kier molecular flexibility index (Phi) is 25.5. The Balaban J connectivity index is 0.000000345. The van der Waals surface area contributed by atoms with Crippen molar-refractivity contribution in [1.82, 2.24) is 4.98 Å². The molecule has 10 heteroatoms. The van der Waals surface area contributed by atoms with E-state index in [1.165, 1.54) is 39.4 Å². The van der Waals surface area contributed by atoms with E-state index in [9.17, 15) is 4.39 Å². The Hall–Kier alpha value is -8.31. The minimum atomic E-state index is -0.624. The number of hydrogen-bond acceptors (Lipinski definition) is 8. The van der Waals surface area contributed by atoms with Gasteiger partial charge in [-0.25, -0.2) is 4.39 Å². The summed E-state index contributed by atoms with van der Waals surface area (Å²) in [7, 11) is 1.63. The van der Waals surface area contributed by atoms with Gasteiger partial charge in [0.1, 0.15) is 17.9 Å². The largest absolute Gasteiger partial charge is 0.496 e. The smallest absolute Gasteiger partial charge is 0.159 e. The molecule has 0 unspecified atom stereocenters. The molecular weight excluding hydrogens is 1060 g/mol. The van der Waals surface area contributed by atoms with Gasteiger partial charge in [0.2, 0.25) is 0 Å². The standard InChI is InChI=1S/C14H14N2.C13H17N.C12H15NO.2C12H15N.C11H11ClFN/c1-14(2,3)12-7-6-10(9-15)13-11(12)5-4-8-16-13;1-9-6-11(8-14)7-10(2)12(9)13(3,4)5;1-12(2,3)10-6-5-9(8-13)7-11(10)14-4;2*1-9-7-11(12(2,3)4)6-5-10(9)8-13;1-11(2,3)8-5-4-7(6-14)10(13)9(8)12/h4-8H,1-3H3;6-7H,1-5H3;5-7H,1-4H3;2*5-7H,1-4H3;4-5H,1-3H3. The highest BCUT2D eigenvalue weighted by Gasteiger charge is 2.23. The molecule has 8 nitrogen and oxygen atoms in total. The van der Waals surface area contributed by atoms with E-state index >= 15 is 0 Å². The van der Waals surface area contributed by atoms with Crippen molar-refractivity contribution >= 4 is 22.5 Å². The number of nitrogens with zero attached hydrogens (tertiary/aromatic N) is 7. The Labute approximate surface area is 508 Å². The zero-order chi connectivity index (χ0) is 64.5. The summed E-state index contributed by atoms with van der Waals surface area (Å²) in [5, 5.41) is 53.9. The summed E-state index contributed by atoms with van der Waals surface area (Å²) < 4.78 is 18.7. The molecule has 0 bridgehead atoms. The van der Waals surface area contributed by atoms with Gasteiger partial charge in [-0.15, -0.1) is 0 Å². The lowest BCUT2D eigenvalue weighted by molar-refractivity contribution is 0.397. The van der Waals surface area contributed by atoms with Crippen LogP contribution in [-0.4, -0.2) is 12.1 Å². The van der Waals surface area contributed by atoms with Gasteiger partial charge in [0.25, 0.3) is 0 Å². The third-order valence-corrected chi connectivity index (χ3v) is 14.1. The van der Waals surface area contributed by atoms with E-state index in [2.05, 4.69) is 165 Å². The van der Waals surface area contributed by atoms with Crippen LogP contribution in [0.1, 0.15) is 214 Å². The van der Waals surface area contributed by atoms with Gasteiger partial charge in [0.15, 0.2) is 5.82 Å². The molecule has 0 radical (unpaired) electrons. The van der Waals surface area contributed by atoms with Crippen molar-refractivity contribution in [3.8, 4) is 42.2 Å². The molecule has 0 aliphatic heterocycles. The fraction of sp³-hybridized carbons (Fsp3) is 0.392. The molecule has 7 aromatic rings. The average Bonchev–Trinajstić information content (AvgIpc) is 2.55. The third-order valence-electron chi connectivity index (χ3n) is 13.7. The minimum Gasteiger partial charge on any atom is -0.496 e. The molecule has 0 aliphatic rings.